The molecule has 3 nitrogen and oxygen atoms in total. The highest BCUT2D eigenvalue weighted by molar-refractivity contribution is 9.10. The molecule has 0 unspecified atom stereocenters. The second-order valence-electron chi connectivity index (χ2n) is 2.74. The fourth-order valence-electron chi connectivity index (χ4n) is 1.06. The molecule has 4 heteroatoms. The first-order chi connectivity index (χ1) is 6.07. The summed E-state index contributed by atoms with van der Waals surface area (Å²) in [5, 5.41) is 0. The first kappa shape index (κ1) is 10.3. The van der Waals surface area contributed by atoms with E-state index in [1.807, 2.05) is 18.5 Å². The van der Waals surface area contributed by atoms with Gasteiger partial charge in [-0.3, -0.25) is 0 Å². The van der Waals surface area contributed by atoms with Gasteiger partial charge in [0.25, 0.3) is 0 Å². The first-order valence-electron chi connectivity index (χ1n) is 4.06. The Kier molecular flexibility index (Phi) is 3.14. The number of halogens is 1. The van der Waals surface area contributed by atoms with Crippen molar-refractivity contribution in [2.45, 2.75) is 13.8 Å². The molecule has 0 amide bonds. The highest BCUT2D eigenvalue weighted by Gasteiger charge is 2.14. The van der Waals surface area contributed by atoms with E-state index in [0.717, 1.165) is 10.2 Å². The number of ether oxygens (including phenoxy) is 1. The summed E-state index contributed by atoms with van der Waals surface area (Å²) in [4.78, 5) is 11.4. The lowest BCUT2D eigenvalue weighted by Crippen LogP contribution is -2.10. The van der Waals surface area contributed by atoms with E-state index in [2.05, 4.69) is 15.9 Å². The maximum absolute atomic E-state index is 11.4. The molecule has 0 atom stereocenters. The van der Waals surface area contributed by atoms with Gasteiger partial charge in [0.15, 0.2) is 0 Å². The smallest absolute Gasteiger partial charge is 0.354 e. The quantitative estimate of drug-likeness (QED) is 0.749. The third-order valence-corrected chi connectivity index (χ3v) is 2.76. The number of rotatable bonds is 2. The van der Waals surface area contributed by atoms with E-state index in [4.69, 9.17) is 4.74 Å². The normalized spacial score (nSPS) is 10.2. The molecule has 0 bridgehead atoms. The zero-order valence-corrected chi connectivity index (χ0v) is 9.51. The van der Waals surface area contributed by atoms with Gasteiger partial charge >= 0.3 is 5.97 Å². The number of carbonyl (C=O) groups excluding carboxylic acids is 1. The van der Waals surface area contributed by atoms with Crippen LogP contribution in [-0.2, 0) is 11.8 Å². The topological polar surface area (TPSA) is 31.2 Å². The molecule has 0 aliphatic heterocycles. The van der Waals surface area contributed by atoms with Gasteiger partial charge in [-0.15, -0.1) is 0 Å². The van der Waals surface area contributed by atoms with Crippen LogP contribution >= 0.6 is 15.9 Å². The molecular formula is C9H12BrNO2. The number of hydrogen-bond acceptors (Lipinski definition) is 2. The van der Waals surface area contributed by atoms with Crippen LogP contribution in [0.25, 0.3) is 0 Å². The predicted molar refractivity (Wildman–Crippen MR) is 53.8 cm³/mol. The lowest BCUT2D eigenvalue weighted by atomic mass is 10.4. The number of aromatic nitrogens is 1. The molecule has 1 aromatic heterocycles. The molecule has 0 aliphatic carbocycles. The van der Waals surface area contributed by atoms with Gasteiger partial charge < -0.3 is 9.30 Å². The number of nitrogens with zero attached hydrogens (tertiary/aromatic N) is 1. The van der Waals surface area contributed by atoms with Crippen LogP contribution in [0, 0.1) is 6.92 Å². The largest absolute Gasteiger partial charge is 0.461 e. The third-order valence-electron chi connectivity index (χ3n) is 1.96. The molecule has 0 aromatic carbocycles. The summed E-state index contributed by atoms with van der Waals surface area (Å²) in [5.74, 6) is -0.279. The van der Waals surface area contributed by atoms with Gasteiger partial charge in [0.05, 0.1) is 6.61 Å². The fraction of sp³-hybridized carbons (Fsp3) is 0.444. The molecule has 1 aromatic rings. The Balaban J connectivity index is 3.01. The van der Waals surface area contributed by atoms with Crippen molar-refractivity contribution in [3.63, 3.8) is 0 Å². The lowest BCUT2D eigenvalue weighted by Gasteiger charge is -2.03. The minimum atomic E-state index is -0.279. The van der Waals surface area contributed by atoms with Gasteiger partial charge in [-0.2, -0.15) is 0 Å². The van der Waals surface area contributed by atoms with Crippen LogP contribution in [0.2, 0.25) is 0 Å². The maximum atomic E-state index is 11.4. The van der Waals surface area contributed by atoms with E-state index in [9.17, 15) is 4.79 Å². The van der Waals surface area contributed by atoms with Crippen molar-refractivity contribution in [3.8, 4) is 0 Å². The monoisotopic (exact) mass is 245 g/mol. The number of esters is 1. The summed E-state index contributed by atoms with van der Waals surface area (Å²) >= 11 is 3.36. The van der Waals surface area contributed by atoms with E-state index < -0.39 is 0 Å². The summed E-state index contributed by atoms with van der Waals surface area (Å²) in [5.41, 5.74) is 1.59. The molecule has 0 saturated heterocycles. The molecule has 72 valence electrons. The molecule has 0 radical (unpaired) electrons. The third kappa shape index (κ3) is 1.94. The van der Waals surface area contributed by atoms with Crippen LogP contribution in [0.1, 0.15) is 23.1 Å². The first-order valence-corrected chi connectivity index (χ1v) is 4.86. The minimum Gasteiger partial charge on any atom is -0.461 e. The van der Waals surface area contributed by atoms with Crippen molar-refractivity contribution in [1.82, 2.24) is 4.57 Å². The summed E-state index contributed by atoms with van der Waals surface area (Å²) in [6.07, 6.45) is 0. The van der Waals surface area contributed by atoms with Gasteiger partial charge in [0, 0.05) is 17.2 Å². The zero-order chi connectivity index (χ0) is 10.0. The van der Waals surface area contributed by atoms with Crippen LogP contribution in [0.3, 0.4) is 0 Å². The molecule has 13 heavy (non-hydrogen) atoms. The van der Waals surface area contributed by atoms with E-state index in [1.165, 1.54) is 0 Å². The number of hydrogen-bond donors (Lipinski definition) is 0. The standard InChI is InChI=1S/C9H12BrNO2/c1-4-13-9(12)8-5-7(10)6(2)11(8)3/h5H,4H2,1-3H3. The van der Waals surface area contributed by atoms with Crippen LogP contribution in [0.4, 0.5) is 0 Å². The van der Waals surface area contributed by atoms with Crippen molar-refractivity contribution >= 4 is 21.9 Å². The van der Waals surface area contributed by atoms with Crippen molar-refractivity contribution in [1.29, 1.82) is 0 Å². The number of carbonyl (C=O) groups is 1. The average Bonchev–Trinajstić information content (AvgIpc) is 2.33. The average molecular weight is 246 g/mol. The highest BCUT2D eigenvalue weighted by atomic mass is 79.9. The van der Waals surface area contributed by atoms with Gasteiger partial charge in [0.2, 0.25) is 0 Å². The van der Waals surface area contributed by atoms with Gasteiger partial charge in [-0.05, 0) is 35.8 Å². The van der Waals surface area contributed by atoms with E-state index >= 15 is 0 Å². The summed E-state index contributed by atoms with van der Waals surface area (Å²) < 4.78 is 7.63. The van der Waals surface area contributed by atoms with Crippen molar-refractivity contribution in [2.24, 2.45) is 7.05 Å². The van der Waals surface area contributed by atoms with Gasteiger partial charge in [-0.25, -0.2) is 4.79 Å². The molecule has 0 saturated carbocycles. The molecular weight excluding hydrogens is 234 g/mol. The summed E-state index contributed by atoms with van der Waals surface area (Å²) in [6, 6.07) is 1.77. The van der Waals surface area contributed by atoms with Crippen LogP contribution < -0.4 is 0 Å². The van der Waals surface area contributed by atoms with Crippen LogP contribution in [0.5, 0.6) is 0 Å². The molecule has 1 heterocycles. The fourth-order valence-corrected chi connectivity index (χ4v) is 1.55. The highest BCUT2D eigenvalue weighted by Crippen LogP contribution is 2.20. The van der Waals surface area contributed by atoms with Gasteiger partial charge in [-0.1, -0.05) is 0 Å². The lowest BCUT2D eigenvalue weighted by molar-refractivity contribution is 0.0515. The van der Waals surface area contributed by atoms with Crippen LogP contribution in [0.15, 0.2) is 10.5 Å². The second-order valence-corrected chi connectivity index (χ2v) is 3.60. The van der Waals surface area contributed by atoms with E-state index in [1.54, 1.807) is 13.0 Å². The Morgan fingerprint density at radius 1 is 1.69 bits per heavy atom. The maximum Gasteiger partial charge on any atom is 0.354 e. The Hall–Kier alpha value is -0.770. The Labute approximate surface area is 85.8 Å². The summed E-state index contributed by atoms with van der Waals surface area (Å²) in [6.45, 7) is 4.14. The van der Waals surface area contributed by atoms with Gasteiger partial charge in [0.1, 0.15) is 5.69 Å². The summed E-state index contributed by atoms with van der Waals surface area (Å²) in [7, 11) is 1.84. The predicted octanol–water partition coefficient (Wildman–Crippen LogP) is 2.27. The van der Waals surface area contributed by atoms with Crippen molar-refractivity contribution in [2.75, 3.05) is 6.61 Å². The Morgan fingerprint density at radius 2 is 2.31 bits per heavy atom. The SMILES string of the molecule is CCOC(=O)c1cc(Br)c(C)n1C. The Morgan fingerprint density at radius 3 is 2.69 bits per heavy atom. The second kappa shape index (κ2) is 3.96. The molecule has 0 spiro atoms. The van der Waals surface area contributed by atoms with E-state index in [-0.39, 0.29) is 5.97 Å². The van der Waals surface area contributed by atoms with E-state index in [0.29, 0.717) is 12.3 Å². The molecule has 0 fully saturated rings. The van der Waals surface area contributed by atoms with Crippen LogP contribution in [-0.4, -0.2) is 17.1 Å². The minimum absolute atomic E-state index is 0.279. The molecule has 0 aliphatic rings. The molecule has 0 N–H and O–H groups in total. The van der Waals surface area contributed by atoms with Crippen molar-refractivity contribution < 1.29 is 9.53 Å². The zero-order valence-electron chi connectivity index (χ0n) is 7.93. The Bertz CT molecular complexity index is 331. The molecule has 1 rings (SSSR count). The van der Waals surface area contributed by atoms with Crippen molar-refractivity contribution in [3.05, 3.63) is 21.9 Å².